The van der Waals surface area contributed by atoms with E-state index in [0.29, 0.717) is 0 Å². The lowest BCUT2D eigenvalue weighted by molar-refractivity contribution is -0.139. The second kappa shape index (κ2) is 10.3. The van der Waals surface area contributed by atoms with Crippen molar-refractivity contribution < 1.29 is 39.5 Å². The molecule has 0 aliphatic heterocycles. The van der Waals surface area contributed by atoms with Gasteiger partial charge in [-0.25, -0.2) is 26.7 Å². The van der Waals surface area contributed by atoms with Crippen LogP contribution in [0.15, 0.2) is 52.3 Å². The fourth-order valence-electron chi connectivity index (χ4n) is 2.56. The highest BCUT2D eigenvalue weighted by Crippen LogP contribution is 2.25. The molecule has 0 heterocycles. The summed E-state index contributed by atoms with van der Waals surface area (Å²) >= 11 is 0. The third-order valence-corrected chi connectivity index (χ3v) is 6.62. The van der Waals surface area contributed by atoms with Crippen LogP contribution in [0.1, 0.15) is 43.1 Å². The standard InChI is InChI=1S/C22H23F3N2O6S2/c1-21(2,3)11-10-15-8-9-16(14-17(15)33-13-12-22(23,24)25)20(28)27-35(31,32)19-7-5-4-6-18(19)34(26,29)30/h4-9,14H,12-13H2,1-3H3,(H,27,28)(H2,26,29,30). The average Bonchev–Trinajstić information content (AvgIpc) is 2.70. The number of carbonyl (C=O) groups excluding carboxylic acids is 1. The van der Waals surface area contributed by atoms with Crippen LogP contribution < -0.4 is 14.6 Å². The molecule has 0 saturated heterocycles. The molecule has 0 spiro atoms. The van der Waals surface area contributed by atoms with Crippen LogP contribution >= 0.6 is 0 Å². The largest absolute Gasteiger partial charge is 0.492 e. The Morgan fingerprint density at radius 2 is 1.63 bits per heavy atom. The topological polar surface area (TPSA) is 133 Å². The number of ether oxygens (including phenoxy) is 1. The zero-order valence-electron chi connectivity index (χ0n) is 18.9. The summed E-state index contributed by atoms with van der Waals surface area (Å²) in [4.78, 5) is 11.2. The van der Waals surface area contributed by atoms with Crippen molar-refractivity contribution >= 4 is 26.0 Å². The monoisotopic (exact) mass is 532 g/mol. The Kier molecular flexibility index (Phi) is 8.26. The summed E-state index contributed by atoms with van der Waals surface area (Å²) in [6.45, 7) is 4.70. The second-order valence-corrected chi connectivity index (χ2v) is 11.5. The molecule has 0 bridgehead atoms. The van der Waals surface area contributed by atoms with Crippen molar-refractivity contribution in [3.63, 3.8) is 0 Å². The maximum atomic E-state index is 12.7. The van der Waals surface area contributed by atoms with Crippen LogP contribution in [-0.2, 0) is 20.0 Å². The van der Waals surface area contributed by atoms with Crippen LogP contribution in [0.4, 0.5) is 13.2 Å². The molecule has 35 heavy (non-hydrogen) atoms. The minimum atomic E-state index is -4.69. The van der Waals surface area contributed by atoms with E-state index in [1.807, 2.05) is 20.8 Å². The lowest BCUT2D eigenvalue weighted by atomic mass is 9.97. The van der Waals surface area contributed by atoms with Crippen molar-refractivity contribution in [1.82, 2.24) is 4.72 Å². The number of alkyl halides is 3. The predicted octanol–water partition coefficient (Wildman–Crippen LogP) is 3.18. The third-order valence-electron chi connectivity index (χ3n) is 4.13. The molecule has 0 saturated carbocycles. The fourth-order valence-corrected chi connectivity index (χ4v) is 4.92. The first-order chi connectivity index (χ1) is 15.9. The number of benzene rings is 2. The highest BCUT2D eigenvalue weighted by Gasteiger charge is 2.28. The molecule has 1 amide bonds. The molecule has 0 unspecified atom stereocenters. The lowest BCUT2D eigenvalue weighted by Gasteiger charge is -2.13. The predicted molar refractivity (Wildman–Crippen MR) is 121 cm³/mol. The van der Waals surface area contributed by atoms with Gasteiger partial charge in [-0.1, -0.05) is 24.0 Å². The molecule has 0 aliphatic rings. The molecular formula is C22H23F3N2O6S2. The number of carbonyl (C=O) groups is 1. The Balaban J connectivity index is 2.42. The van der Waals surface area contributed by atoms with Crippen molar-refractivity contribution in [2.75, 3.05) is 6.61 Å². The molecule has 0 aromatic heterocycles. The summed E-state index contributed by atoms with van der Waals surface area (Å²) < 4.78 is 93.4. The molecule has 2 aromatic rings. The van der Waals surface area contributed by atoms with Crippen LogP contribution in [0, 0.1) is 17.3 Å². The van der Waals surface area contributed by atoms with Gasteiger partial charge in [0, 0.05) is 11.0 Å². The van der Waals surface area contributed by atoms with E-state index < -0.39 is 60.4 Å². The number of rotatable bonds is 7. The van der Waals surface area contributed by atoms with Gasteiger partial charge >= 0.3 is 6.18 Å². The van der Waals surface area contributed by atoms with E-state index in [9.17, 15) is 34.8 Å². The highest BCUT2D eigenvalue weighted by molar-refractivity contribution is 7.92. The number of hydrogen-bond acceptors (Lipinski definition) is 6. The van der Waals surface area contributed by atoms with E-state index in [0.717, 1.165) is 18.2 Å². The molecular weight excluding hydrogens is 509 g/mol. The summed E-state index contributed by atoms with van der Waals surface area (Å²) in [5.41, 5.74) is -0.518. The molecule has 3 N–H and O–H groups in total. The van der Waals surface area contributed by atoms with Gasteiger partial charge in [0.05, 0.1) is 18.6 Å². The minimum absolute atomic E-state index is 0.152. The number of halogens is 3. The van der Waals surface area contributed by atoms with Gasteiger partial charge in [0.25, 0.3) is 15.9 Å². The maximum Gasteiger partial charge on any atom is 0.392 e. The third kappa shape index (κ3) is 8.57. The minimum Gasteiger partial charge on any atom is -0.492 e. The first-order valence-corrected chi connectivity index (χ1v) is 13.0. The Hall–Kier alpha value is -3.08. The van der Waals surface area contributed by atoms with Crippen LogP contribution in [0.25, 0.3) is 0 Å². The number of primary sulfonamides is 1. The number of hydrogen-bond donors (Lipinski definition) is 2. The Bertz CT molecular complexity index is 1380. The van der Waals surface area contributed by atoms with Crippen molar-refractivity contribution in [3.8, 4) is 17.6 Å². The molecule has 0 fully saturated rings. The summed E-state index contributed by atoms with van der Waals surface area (Å²) in [5.74, 6) is 4.35. The van der Waals surface area contributed by atoms with Crippen LogP contribution in [0.5, 0.6) is 5.75 Å². The van der Waals surface area contributed by atoms with E-state index in [2.05, 4.69) is 11.8 Å². The van der Waals surface area contributed by atoms with Gasteiger partial charge in [-0.2, -0.15) is 13.2 Å². The number of nitrogens with one attached hydrogen (secondary N) is 1. The molecule has 2 rings (SSSR count). The van der Waals surface area contributed by atoms with E-state index in [-0.39, 0.29) is 16.9 Å². The summed E-state index contributed by atoms with van der Waals surface area (Å²) in [7, 11) is -9.11. The first kappa shape index (κ1) is 28.2. The lowest BCUT2D eigenvalue weighted by Crippen LogP contribution is -2.32. The molecule has 2 aromatic carbocycles. The van der Waals surface area contributed by atoms with Crippen molar-refractivity contribution in [2.45, 2.75) is 43.2 Å². The van der Waals surface area contributed by atoms with E-state index >= 15 is 0 Å². The molecule has 190 valence electrons. The molecule has 0 aliphatic carbocycles. The van der Waals surface area contributed by atoms with Crippen LogP contribution in [0.3, 0.4) is 0 Å². The fraction of sp³-hybridized carbons (Fsp3) is 0.318. The Morgan fingerprint density at radius 3 is 2.17 bits per heavy atom. The van der Waals surface area contributed by atoms with Gasteiger partial charge in [0.15, 0.2) is 0 Å². The van der Waals surface area contributed by atoms with Gasteiger partial charge in [0.2, 0.25) is 10.0 Å². The normalized spacial score (nSPS) is 12.4. The average molecular weight is 533 g/mol. The summed E-state index contributed by atoms with van der Waals surface area (Å²) in [6, 6.07) is 7.97. The summed E-state index contributed by atoms with van der Waals surface area (Å²) in [5, 5.41) is 5.05. The quantitative estimate of drug-likeness (QED) is 0.527. The van der Waals surface area contributed by atoms with Crippen molar-refractivity contribution in [3.05, 3.63) is 53.6 Å². The molecule has 13 heteroatoms. The molecule has 0 atom stereocenters. The van der Waals surface area contributed by atoms with Crippen molar-refractivity contribution in [2.24, 2.45) is 10.6 Å². The van der Waals surface area contributed by atoms with Gasteiger partial charge in [0.1, 0.15) is 15.5 Å². The second-order valence-electron chi connectivity index (χ2n) is 8.35. The zero-order chi connectivity index (χ0) is 26.7. The van der Waals surface area contributed by atoms with Crippen LogP contribution in [0.2, 0.25) is 0 Å². The van der Waals surface area contributed by atoms with E-state index in [1.54, 1.807) is 4.72 Å². The van der Waals surface area contributed by atoms with Crippen molar-refractivity contribution in [1.29, 1.82) is 0 Å². The van der Waals surface area contributed by atoms with Gasteiger partial charge in [-0.05, 0) is 51.1 Å². The maximum absolute atomic E-state index is 12.7. The smallest absolute Gasteiger partial charge is 0.392 e. The molecule has 0 radical (unpaired) electrons. The number of sulfonamides is 2. The zero-order valence-corrected chi connectivity index (χ0v) is 20.6. The van der Waals surface area contributed by atoms with E-state index in [1.165, 1.54) is 24.3 Å². The van der Waals surface area contributed by atoms with Gasteiger partial charge in [-0.3, -0.25) is 4.79 Å². The van der Waals surface area contributed by atoms with Gasteiger partial charge < -0.3 is 4.74 Å². The summed E-state index contributed by atoms with van der Waals surface area (Å²) in [6.07, 6.45) is -5.73. The van der Waals surface area contributed by atoms with E-state index in [4.69, 9.17) is 9.88 Å². The molecule has 8 nitrogen and oxygen atoms in total. The Labute approximate surface area is 201 Å². The number of nitrogens with two attached hydrogens (primary N) is 1. The Morgan fingerprint density at radius 1 is 1.03 bits per heavy atom. The van der Waals surface area contributed by atoms with Crippen LogP contribution in [-0.4, -0.2) is 35.5 Å². The highest BCUT2D eigenvalue weighted by atomic mass is 32.2. The number of amides is 1. The first-order valence-electron chi connectivity index (χ1n) is 9.95. The SMILES string of the molecule is CC(C)(C)C#Cc1ccc(C(=O)NS(=O)(=O)c2ccccc2S(N)(=O)=O)cc1OCCC(F)(F)F. The van der Waals surface area contributed by atoms with Gasteiger partial charge in [-0.15, -0.1) is 0 Å².